The standard InChI is InChI=1S/C14H20O.CH3I/c1-12-6-5-9-14(10-12)15-11-13-7-3-2-4-8-13;1-2/h2-4,7-8,12,14H,5-6,9-11H2,1H3;1H3. The molecule has 96 valence electrons. The predicted octanol–water partition coefficient (Wildman–Crippen LogP) is 4.83. The topological polar surface area (TPSA) is 9.23 Å². The number of hydrogen-bond acceptors (Lipinski definition) is 1. The van der Waals surface area contributed by atoms with Crippen LogP contribution in [0.15, 0.2) is 30.3 Å². The van der Waals surface area contributed by atoms with E-state index in [1.807, 2.05) is 11.0 Å². The highest BCUT2D eigenvalue weighted by Crippen LogP contribution is 2.26. The van der Waals surface area contributed by atoms with Crippen molar-refractivity contribution in [2.45, 2.75) is 45.3 Å². The minimum absolute atomic E-state index is 0.494. The molecule has 1 aliphatic rings. The Morgan fingerprint density at radius 3 is 2.53 bits per heavy atom. The Morgan fingerprint density at radius 2 is 1.88 bits per heavy atom. The molecule has 1 aromatic rings. The zero-order chi connectivity index (χ0) is 12.5. The van der Waals surface area contributed by atoms with E-state index in [1.54, 1.807) is 0 Å². The van der Waals surface area contributed by atoms with Crippen LogP contribution < -0.4 is 0 Å². The highest BCUT2D eigenvalue weighted by atomic mass is 127. The van der Waals surface area contributed by atoms with E-state index < -0.39 is 0 Å². The van der Waals surface area contributed by atoms with Gasteiger partial charge in [-0.3, -0.25) is 0 Å². The molecule has 1 saturated carbocycles. The summed E-state index contributed by atoms with van der Waals surface area (Å²) < 4.78 is 5.94. The van der Waals surface area contributed by atoms with Crippen molar-refractivity contribution in [1.29, 1.82) is 0 Å². The van der Waals surface area contributed by atoms with Crippen LogP contribution in [0, 0.1) is 5.92 Å². The zero-order valence-corrected chi connectivity index (χ0v) is 13.0. The molecular weight excluding hydrogens is 323 g/mol. The molecule has 1 fully saturated rings. The smallest absolute Gasteiger partial charge is 0.0720 e. The molecule has 2 heteroatoms. The summed E-state index contributed by atoms with van der Waals surface area (Å²) in [6.07, 6.45) is 5.70. The summed E-state index contributed by atoms with van der Waals surface area (Å²) in [5.41, 5.74) is 1.29. The van der Waals surface area contributed by atoms with E-state index in [0.29, 0.717) is 6.10 Å². The quantitative estimate of drug-likeness (QED) is 0.563. The summed E-state index contributed by atoms with van der Waals surface area (Å²) in [6.45, 7) is 3.11. The fourth-order valence-corrected chi connectivity index (χ4v) is 2.32. The van der Waals surface area contributed by atoms with Gasteiger partial charge in [-0.2, -0.15) is 0 Å². The molecule has 1 aliphatic carbocycles. The lowest BCUT2D eigenvalue weighted by atomic mass is 9.89. The second-order valence-electron chi connectivity index (χ2n) is 4.69. The minimum atomic E-state index is 0.494. The number of ether oxygens (including phenoxy) is 1. The highest BCUT2D eigenvalue weighted by molar-refractivity contribution is 14.1. The lowest BCUT2D eigenvalue weighted by Gasteiger charge is -2.26. The third-order valence-electron chi connectivity index (χ3n) is 3.22. The van der Waals surface area contributed by atoms with Gasteiger partial charge in [-0.15, -0.1) is 0 Å². The second kappa shape index (κ2) is 8.92. The summed E-state index contributed by atoms with van der Waals surface area (Å²) in [5, 5.41) is 0. The van der Waals surface area contributed by atoms with Crippen LogP contribution in [-0.4, -0.2) is 11.0 Å². The second-order valence-corrected chi connectivity index (χ2v) is 4.69. The Labute approximate surface area is 119 Å². The van der Waals surface area contributed by atoms with Crippen molar-refractivity contribution in [1.82, 2.24) is 0 Å². The molecule has 0 N–H and O–H groups in total. The van der Waals surface area contributed by atoms with Gasteiger partial charge in [-0.05, 0) is 29.3 Å². The molecule has 17 heavy (non-hydrogen) atoms. The Kier molecular flexibility index (Phi) is 7.86. The van der Waals surface area contributed by atoms with E-state index in [9.17, 15) is 0 Å². The molecule has 0 aromatic heterocycles. The molecule has 0 aliphatic heterocycles. The summed E-state index contributed by atoms with van der Waals surface area (Å²) in [4.78, 5) is 1.97. The first-order chi connectivity index (χ1) is 8.34. The molecular formula is C15H23IO. The Bertz CT molecular complexity index is 286. The molecule has 1 nitrogen and oxygen atoms in total. The normalized spacial score (nSPS) is 23.7. The average Bonchev–Trinajstić information content (AvgIpc) is 2.40. The Balaban J connectivity index is 0.000000686. The van der Waals surface area contributed by atoms with Crippen molar-refractivity contribution in [3.63, 3.8) is 0 Å². The van der Waals surface area contributed by atoms with Crippen LogP contribution in [0.25, 0.3) is 0 Å². The maximum atomic E-state index is 5.94. The van der Waals surface area contributed by atoms with Gasteiger partial charge in [0.15, 0.2) is 0 Å². The van der Waals surface area contributed by atoms with Crippen LogP contribution >= 0.6 is 22.6 Å². The molecule has 0 bridgehead atoms. The lowest BCUT2D eigenvalue weighted by molar-refractivity contribution is 0.00467. The predicted molar refractivity (Wildman–Crippen MR) is 82.6 cm³/mol. The van der Waals surface area contributed by atoms with E-state index in [2.05, 4.69) is 53.8 Å². The van der Waals surface area contributed by atoms with E-state index in [1.165, 1.54) is 31.2 Å². The van der Waals surface area contributed by atoms with E-state index in [-0.39, 0.29) is 0 Å². The van der Waals surface area contributed by atoms with Gasteiger partial charge in [0.2, 0.25) is 0 Å². The number of benzene rings is 1. The van der Waals surface area contributed by atoms with E-state index in [4.69, 9.17) is 4.74 Å². The maximum Gasteiger partial charge on any atom is 0.0720 e. The lowest BCUT2D eigenvalue weighted by Crippen LogP contribution is -2.21. The van der Waals surface area contributed by atoms with Gasteiger partial charge in [-0.25, -0.2) is 0 Å². The molecule has 2 atom stereocenters. The largest absolute Gasteiger partial charge is 0.374 e. The SMILES string of the molecule is CC1CCCC(OCc2ccccc2)C1.CI. The molecule has 2 unspecified atom stereocenters. The first kappa shape index (κ1) is 15.0. The van der Waals surface area contributed by atoms with Gasteiger partial charge in [0.1, 0.15) is 0 Å². The molecule has 0 saturated heterocycles. The van der Waals surface area contributed by atoms with Gasteiger partial charge in [0.25, 0.3) is 0 Å². The highest BCUT2D eigenvalue weighted by Gasteiger charge is 2.18. The van der Waals surface area contributed by atoms with Crippen LogP contribution in [0.4, 0.5) is 0 Å². The monoisotopic (exact) mass is 346 g/mol. The van der Waals surface area contributed by atoms with Crippen LogP contribution in [0.1, 0.15) is 38.2 Å². The summed E-state index contributed by atoms with van der Waals surface area (Å²) >= 11 is 2.15. The van der Waals surface area contributed by atoms with Crippen LogP contribution in [0.3, 0.4) is 0 Å². The first-order valence-corrected chi connectivity index (χ1v) is 8.53. The van der Waals surface area contributed by atoms with Gasteiger partial charge < -0.3 is 4.74 Å². The number of alkyl halides is 1. The van der Waals surface area contributed by atoms with Crippen molar-refractivity contribution in [3.8, 4) is 0 Å². The summed E-state index contributed by atoms with van der Waals surface area (Å²) in [7, 11) is 0. The van der Waals surface area contributed by atoms with Crippen LogP contribution in [-0.2, 0) is 11.3 Å². The number of rotatable bonds is 3. The molecule has 0 heterocycles. The van der Waals surface area contributed by atoms with E-state index >= 15 is 0 Å². The fraction of sp³-hybridized carbons (Fsp3) is 0.600. The van der Waals surface area contributed by atoms with Gasteiger partial charge in [0, 0.05) is 0 Å². The first-order valence-electron chi connectivity index (χ1n) is 6.38. The van der Waals surface area contributed by atoms with Crippen molar-refractivity contribution in [3.05, 3.63) is 35.9 Å². The molecule has 2 rings (SSSR count). The van der Waals surface area contributed by atoms with Crippen LogP contribution in [0.5, 0.6) is 0 Å². The van der Waals surface area contributed by atoms with Gasteiger partial charge in [0.05, 0.1) is 12.7 Å². The van der Waals surface area contributed by atoms with Gasteiger partial charge >= 0.3 is 0 Å². The van der Waals surface area contributed by atoms with Crippen molar-refractivity contribution in [2.75, 3.05) is 4.93 Å². The molecule has 0 amide bonds. The average molecular weight is 346 g/mol. The summed E-state index contributed by atoms with van der Waals surface area (Å²) in [6, 6.07) is 10.5. The van der Waals surface area contributed by atoms with E-state index in [0.717, 1.165) is 12.5 Å². The van der Waals surface area contributed by atoms with Crippen molar-refractivity contribution >= 4 is 22.6 Å². The molecule has 1 aromatic carbocycles. The Hall–Kier alpha value is -0.0900. The fourth-order valence-electron chi connectivity index (χ4n) is 2.32. The number of hydrogen-bond donors (Lipinski definition) is 0. The third kappa shape index (κ3) is 5.87. The number of halogens is 1. The van der Waals surface area contributed by atoms with Crippen molar-refractivity contribution < 1.29 is 4.74 Å². The minimum Gasteiger partial charge on any atom is -0.374 e. The Morgan fingerprint density at radius 1 is 1.18 bits per heavy atom. The van der Waals surface area contributed by atoms with Gasteiger partial charge in [-0.1, -0.05) is 72.7 Å². The summed E-state index contributed by atoms with van der Waals surface area (Å²) in [5.74, 6) is 0.847. The van der Waals surface area contributed by atoms with Crippen LogP contribution in [0.2, 0.25) is 0 Å². The third-order valence-corrected chi connectivity index (χ3v) is 3.22. The van der Waals surface area contributed by atoms with Crippen molar-refractivity contribution in [2.24, 2.45) is 5.92 Å². The maximum absolute atomic E-state index is 5.94. The molecule has 0 radical (unpaired) electrons. The molecule has 0 spiro atoms. The zero-order valence-electron chi connectivity index (χ0n) is 10.9.